The van der Waals surface area contributed by atoms with Crippen molar-refractivity contribution in [3.8, 4) is 5.75 Å². The minimum Gasteiger partial charge on any atom is -0.497 e. The van der Waals surface area contributed by atoms with E-state index in [2.05, 4.69) is 4.98 Å². The second-order valence-electron chi connectivity index (χ2n) is 10.1. The van der Waals surface area contributed by atoms with Crippen LogP contribution in [-0.2, 0) is 33.4 Å². The summed E-state index contributed by atoms with van der Waals surface area (Å²) in [5.74, 6) is 0.206. The standard InChI is InChI=1S/C28H33Cl2N3O5S/c1-19(2)15-33-22(14-31-28(33)39(35,36)18-20-6-4-7-23(12-20)37-3)16-32(17-24-8-5-11-38-24)27(34)25-10-9-21(29)13-26(25)30/h4,6-7,9-10,12-14,19,24H,5,8,11,15-18H2,1-3H3. The van der Waals surface area contributed by atoms with E-state index in [4.69, 9.17) is 32.7 Å². The molecule has 8 nitrogen and oxygen atoms in total. The van der Waals surface area contributed by atoms with E-state index in [9.17, 15) is 13.2 Å². The van der Waals surface area contributed by atoms with Gasteiger partial charge in [0, 0.05) is 24.7 Å². The number of halogens is 2. The summed E-state index contributed by atoms with van der Waals surface area (Å²) in [6, 6.07) is 11.7. The first-order valence-electron chi connectivity index (χ1n) is 12.8. The molecule has 1 aliphatic heterocycles. The molecular weight excluding hydrogens is 561 g/mol. The van der Waals surface area contributed by atoms with Crippen molar-refractivity contribution >= 4 is 38.9 Å². The molecule has 3 aromatic rings. The molecule has 2 heterocycles. The summed E-state index contributed by atoms with van der Waals surface area (Å²) in [5, 5.41) is 0.660. The summed E-state index contributed by atoms with van der Waals surface area (Å²) in [4.78, 5) is 19.7. The molecule has 4 rings (SSSR count). The molecule has 0 spiro atoms. The number of benzene rings is 2. The SMILES string of the molecule is COc1cccc(CS(=O)(=O)c2ncc(CN(CC3CCCO3)C(=O)c3ccc(Cl)cc3Cl)n2CC(C)C)c1. The van der Waals surface area contributed by atoms with Crippen molar-refractivity contribution in [2.75, 3.05) is 20.3 Å². The first kappa shape index (κ1) is 29.4. The largest absolute Gasteiger partial charge is 0.497 e. The number of rotatable bonds is 11. The summed E-state index contributed by atoms with van der Waals surface area (Å²) >= 11 is 12.4. The number of ether oxygens (including phenoxy) is 2. The average Bonchev–Trinajstić information content (AvgIpc) is 3.53. The van der Waals surface area contributed by atoms with Crippen LogP contribution >= 0.6 is 23.2 Å². The minimum absolute atomic E-state index is 0.0249. The van der Waals surface area contributed by atoms with Gasteiger partial charge in [-0.2, -0.15) is 0 Å². The zero-order chi connectivity index (χ0) is 28.2. The third-order valence-electron chi connectivity index (χ3n) is 6.47. The fourth-order valence-corrected chi connectivity index (χ4v) is 6.63. The summed E-state index contributed by atoms with van der Waals surface area (Å²) in [5.41, 5.74) is 1.53. The fraction of sp³-hybridized carbons (Fsp3) is 0.429. The molecule has 0 bridgehead atoms. The zero-order valence-corrected chi connectivity index (χ0v) is 24.6. The van der Waals surface area contributed by atoms with Crippen LogP contribution in [0.3, 0.4) is 0 Å². The average molecular weight is 595 g/mol. The highest BCUT2D eigenvalue weighted by Gasteiger charge is 2.29. The van der Waals surface area contributed by atoms with Gasteiger partial charge < -0.3 is 18.9 Å². The molecule has 2 aromatic carbocycles. The van der Waals surface area contributed by atoms with Crippen LogP contribution in [0.2, 0.25) is 10.0 Å². The third kappa shape index (κ3) is 7.33. The lowest BCUT2D eigenvalue weighted by Gasteiger charge is -2.27. The van der Waals surface area contributed by atoms with Crippen molar-refractivity contribution in [2.45, 2.75) is 56.8 Å². The lowest BCUT2D eigenvalue weighted by atomic mass is 10.1. The van der Waals surface area contributed by atoms with Crippen molar-refractivity contribution in [1.29, 1.82) is 0 Å². The Kier molecular flexibility index (Phi) is 9.59. The first-order chi connectivity index (χ1) is 18.6. The summed E-state index contributed by atoms with van der Waals surface area (Å²) in [6.07, 6.45) is 3.19. The van der Waals surface area contributed by atoms with E-state index < -0.39 is 9.84 Å². The van der Waals surface area contributed by atoms with Crippen molar-refractivity contribution in [2.24, 2.45) is 5.92 Å². The predicted molar refractivity (Wildman–Crippen MR) is 151 cm³/mol. The van der Waals surface area contributed by atoms with Crippen molar-refractivity contribution in [3.63, 3.8) is 0 Å². The monoisotopic (exact) mass is 593 g/mol. The molecule has 1 saturated heterocycles. The van der Waals surface area contributed by atoms with Crippen LogP contribution in [0, 0.1) is 5.92 Å². The Morgan fingerprint density at radius 1 is 1.23 bits per heavy atom. The number of carbonyl (C=O) groups excluding carboxylic acids is 1. The van der Waals surface area contributed by atoms with E-state index in [-0.39, 0.29) is 40.4 Å². The number of sulfone groups is 1. The molecule has 1 atom stereocenters. The topological polar surface area (TPSA) is 90.7 Å². The molecule has 39 heavy (non-hydrogen) atoms. The van der Waals surface area contributed by atoms with E-state index in [1.807, 2.05) is 13.8 Å². The van der Waals surface area contributed by atoms with Crippen molar-refractivity contribution in [3.05, 3.63) is 75.5 Å². The lowest BCUT2D eigenvalue weighted by molar-refractivity contribution is 0.0501. The van der Waals surface area contributed by atoms with Gasteiger partial charge in [-0.3, -0.25) is 4.79 Å². The third-order valence-corrected chi connectivity index (χ3v) is 8.61. The number of imidazole rings is 1. The van der Waals surface area contributed by atoms with Gasteiger partial charge in [-0.1, -0.05) is 49.2 Å². The van der Waals surface area contributed by atoms with Gasteiger partial charge in [0.2, 0.25) is 15.0 Å². The predicted octanol–water partition coefficient (Wildman–Crippen LogP) is 5.65. The maximum atomic E-state index is 13.7. The van der Waals surface area contributed by atoms with Gasteiger partial charge >= 0.3 is 0 Å². The highest BCUT2D eigenvalue weighted by Crippen LogP contribution is 2.26. The minimum atomic E-state index is -3.80. The molecule has 0 saturated carbocycles. The van der Waals surface area contributed by atoms with Crippen LogP contribution in [-0.4, -0.2) is 55.1 Å². The van der Waals surface area contributed by atoms with E-state index >= 15 is 0 Å². The maximum absolute atomic E-state index is 13.7. The highest BCUT2D eigenvalue weighted by atomic mass is 35.5. The molecule has 0 radical (unpaired) electrons. The van der Waals surface area contributed by atoms with Gasteiger partial charge in [-0.25, -0.2) is 13.4 Å². The summed E-state index contributed by atoms with van der Waals surface area (Å²) < 4.78 is 39.9. The number of hydrogen-bond donors (Lipinski definition) is 0. The zero-order valence-electron chi connectivity index (χ0n) is 22.3. The molecular formula is C28H33Cl2N3O5S. The Morgan fingerprint density at radius 3 is 2.69 bits per heavy atom. The van der Waals surface area contributed by atoms with Crippen LogP contribution in [0.15, 0.2) is 53.8 Å². The number of hydrogen-bond acceptors (Lipinski definition) is 6. The smallest absolute Gasteiger partial charge is 0.255 e. The van der Waals surface area contributed by atoms with E-state index in [0.717, 1.165) is 12.8 Å². The van der Waals surface area contributed by atoms with E-state index in [1.54, 1.807) is 52.1 Å². The lowest BCUT2D eigenvalue weighted by Crippen LogP contribution is -2.37. The number of carbonyl (C=O) groups is 1. The Morgan fingerprint density at radius 2 is 2.03 bits per heavy atom. The molecule has 210 valence electrons. The van der Waals surface area contributed by atoms with E-state index in [1.165, 1.54) is 13.2 Å². The maximum Gasteiger partial charge on any atom is 0.255 e. The summed E-state index contributed by atoms with van der Waals surface area (Å²) in [6.45, 7) is 5.57. The molecule has 1 aliphatic rings. The highest BCUT2D eigenvalue weighted by molar-refractivity contribution is 7.90. The number of methoxy groups -OCH3 is 1. The Labute approximate surface area is 239 Å². The van der Waals surface area contributed by atoms with Crippen LogP contribution in [0.1, 0.15) is 48.3 Å². The van der Waals surface area contributed by atoms with E-state index in [0.29, 0.717) is 47.3 Å². The normalized spacial score (nSPS) is 15.6. The van der Waals surface area contributed by atoms with Crippen LogP contribution < -0.4 is 4.74 Å². The Hall–Kier alpha value is -2.59. The number of aromatic nitrogens is 2. The van der Waals surface area contributed by atoms with Gasteiger partial charge in [-0.15, -0.1) is 0 Å². The van der Waals surface area contributed by atoms with Gasteiger partial charge in [-0.05, 0) is 54.7 Å². The fourth-order valence-electron chi connectivity index (χ4n) is 4.66. The molecule has 11 heteroatoms. The molecule has 1 fully saturated rings. The van der Waals surface area contributed by atoms with Crippen molar-refractivity contribution < 1.29 is 22.7 Å². The first-order valence-corrected chi connectivity index (χ1v) is 15.2. The van der Waals surface area contributed by atoms with Gasteiger partial charge in [0.25, 0.3) is 5.91 Å². The molecule has 1 unspecified atom stereocenters. The quantitative estimate of drug-likeness (QED) is 0.285. The summed E-state index contributed by atoms with van der Waals surface area (Å²) in [7, 11) is -2.27. The molecule has 1 amide bonds. The molecule has 1 aromatic heterocycles. The Bertz CT molecular complexity index is 1420. The molecule has 0 aliphatic carbocycles. The van der Waals surface area contributed by atoms with Gasteiger partial charge in [0.1, 0.15) is 5.75 Å². The number of amides is 1. The number of nitrogens with zero attached hydrogens (tertiary/aromatic N) is 3. The molecule has 0 N–H and O–H groups in total. The van der Waals surface area contributed by atoms with Crippen LogP contribution in [0.5, 0.6) is 5.75 Å². The van der Waals surface area contributed by atoms with Gasteiger partial charge in [0.15, 0.2) is 0 Å². The van der Waals surface area contributed by atoms with Crippen LogP contribution in [0.4, 0.5) is 0 Å². The Balaban J connectivity index is 1.68. The van der Waals surface area contributed by atoms with Crippen LogP contribution in [0.25, 0.3) is 0 Å². The second-order valence-corrected chi connectivity index (χ2v) is 12.8. The van der Waals surface area contributed by atoms with Crippen molar-refractivity contribution in [1.82, 2.24) is 14.5 Å². The van der Waals surface area contributed by atoms with Gasteiger partial charge in [0.05, 0.1) is 48.0 Å². The second kappa shape index (κ2) is 12.7.